The van der Waals surface area contributed by atoms with Crippen molar-refractivity contribution in [2.45, 2.75) is 19.9 Å². The zero-order chi connectivity index (χ0) is 17.5. The molecular formula is C19H20ClNO3. The molecule has 2 aromatic carbocycles. The number of hydrogen-bond acceptors (Lipinski definition) is 3. The van der Waals surface area contributed by atoms with Crippen molar-refractivity contribution < 1.29 is 14.3 Å². The lowest BCUT2D eigenvalue weighted by molar-refractivity contribution is -0.140. The standard InChI is InChI=1S/C19H20ClNO3/c1-14-7-9-15(10-8-14)19(23)21(12-11-18(22)24-2)13-16-5-3-4-6-17(16)20/h3-10H,11-13H2,1-2H3. The maximum absolute atomic E-state index is 12.8. The van der Waals surface area contributed by atoms with E-state index < -0.39 is 0 Å². The van der Waals surface area contributed by atoms with Crippen LogP contribution >= 0.6 is 11.6 Å². The van der Waals surface area contributed by atoms with E-state index in [0.29, 0.717) is 17.1 Å². The maximum Gasteiger partial charge on any atom is 0.307 e. The van der Waals surface area contributed by atoms with Gasteiger partial charge in [-0.1, -0.05) is 47.5 Å². The average Bonchev–Trinajstić information content (AvgIpc) is 2.59. The van der Waals surface area contributed by atoms with Crippen LogP contribution in [0, 0.1) is 6.92 Å². The van der Waals surface area contributed by atoms with Crippen LogP contribution in [-0.4, -0.2) is 30.4 Å². The number of benzene rings is 2. The van der Waals surface area contributed by atoms with Gasteiger partial charge in [0.15, 0.2) is 0 Å². The van der Waals surface area contributed by atoms with Gasteiger partial charge >= 0.3 is 5.97 Å². The Kier molecular flexibility index (Phi) is 6.38. The maximum atomic E-state index is 12.8. The average molecular weight is 346 g/mol. The molecule has 0 radical (unpaired) electrons. The lowest BCUT2D eigenvalue weighted by atomic mass is 10.1. The van der Waals surface area contributed by atoms with E-state index in [1.807, 2.05) is 37.3 Å². The lowest BCUT2D eigenvalue weighted by Crippen LogP contribution is -2.33. The first-order chi connectivity index (χ1) is 11.5. The van der Waals surface area contributed by atoms with Crippen LogP contribution in [0.1, 0.15) is 27.9 Å². The predicted octanol–water partition coefficient (Wildman–Crippen LogP) is 3.85. The third-order valence-corrected chi connectivity index (χ3v) is 4.09. The van der Waals surface area contributed by atoms with Gasteiger partial charge in [0.1, 0.15) is 0 Å². The fourth-order valence-electron chi connectivity index (χ4n) is 2.29. The van der Waals surface area contributed by atoms with Crippen molar-refractivity contribution in [3.63, 3.8) is 0 Å². The van der Waals surface area contributed by atoms with Crippen molar-refractivity contribution in [3.05, 3.63) is 70.2 Å². The molecule has 4 nitrogen and oxygen atoms in total. The minimum absolute atomic E-state index is 0.137. The van der Waals surface area contributed by atoms with E-state index >= 15 is 0 Å². The fraction of sp³-hybridized carbons (Fsp3) is 0.263. The number of ether oxygens (including phenoxy) is 1. The molecule has 0 fully saturated rings. The molecule has 0 aliphatic heterocycles. The molecule has 0 unspecified atom stereocenters. The summed E-state index contributed by atoms with van der Waals surface area (Å²) in [6.45, 7) is 2.57. The summed E-state index contributed by atoms with van der Waals surface area (Å²) in [5.74, 6) is -0.491. The Morgan fingerprint density at radius 2 is 1.75 bits per heavy atom. The van der Waals surface area contributed by atoms with Gasteiger partial charge in [-0.15, -0.1) is 0 Å². The number of nitrogens with zero attached hydrogens (tertiary/aromatic N) is 1. The van der Waals surface area contributed by atoms with Crippen LogP contribution in [0.25, 0.3) is 0 Å². The Morgan fingerprint density at radius 1 is 1.08 bits per heavy atom. The second-order valence-corrected chi connectivity index (χ2v) is 5.92. The summed E-state index contributed by atoms with van der Waals surface area (Å²) in [6, 6.07) is 14.7. The van der Waals surface area contributed by atoms with Gasteiger partial charge in [0.25, 0.3) is 5.91 Å². The molecule has 0 aliphatic carbocycles. The van der Waals surface area contributed by atoms with Gasteiger partial charge in [-0.05, 0) is 30.7 Å². The van der Waals surface area contributed by atoms with Crippen molar-refractivity contribution >= 4 is 23.5 Å². The van der Waals surface area contributed by atoms with Gasteiger partial charge in [0, 0.05) is 23.7 Å². The topological polar surface area (TPSA) is 46.6 Å². The van der Waals surface area contributed by atoms with Gasteiger partial charge in [0.2, 0.25) is 0 Å². The molecule has 0 spiro atoms. The highest BCUT2D eigenvalue weighted by Gasteiger charge is 2.18. The largest absolute Gasteiger partial charge is 0.469 e. The second kappa shape index (κ2) is 8.50. The molecule has 0 heterocycles. The minimum atomic E-state index is -0.351. The number of amides is 1. The quantitative estimate of drug-likeness (QED) is 0.747. The van der Waals surface area contributed by atoms with Crippen molar-refractivity contribution in [1.82, 2.24) is 4.90 Å². The predicted molar refractivity (Wildman–Crippen MR) is 94.0 cm³/mol. The van der Waals surface area contributed by atoms with E-state index in [1.54, 1.807) is 23.1 Å². The van der Waals surface area contributed by atoms with Crippen LogP contribution in [0.3, 0.4) is 0 Å². The molecule has 24 heavy (non-hydrogen) atoms. The molecule has 0 aliphatic rings. The molecule has 0 aromatic heterocycles. The van der Waals surface area contributed by atoms with Crippen LogP contribution in [0.2, 0.25) is 5.02 Å². The molecular weight excluding hydrogens is 326 g/mol. The fourth-order valence-corrected chi connectivity index (χ4v) is 2.49. The monoisotopic (exact) mass is 345 g/mol. The van der Waals surface area contributed by atoms with E-state index in [-0.39, 0.29) is 24.8 Å². The molecule has 0 saturated carbocycles. The highest BCUT2D eigenvalue weighted by molar-refractivity contribution is 6.31. The van der Waals surface area contributed by atoms with Gasteiger partial charge in [-0.2, -0.15) is 0 Å². The van der Waals surface area contributed by atoms with Gasteiger partial charge in [-0.25, -0.2) is 0 Å². The third-order valence-electron chi connectivity index (χ3n) is 3.72. The van der Waals surface area contributed by atoms with Gasteiger partial charge in [-0.3, -0.25) is 9.59 Å². The highest BCUT2D eigenvalue weighted by Crippen LogP contribution is 2.19. The lowest BCUT2D eigenvalue weighted by Gasteiger charge is -2.23. The molecule has 0 atom stereocenters. The SMILES string of the molecule is COC(=O)CCN(Cc1ccccc1Cl)C(=O)c1ccc(C)cc1. The molecule has 2 rings (SSSR count). The number of methoxy groups -OCH3 is 1. The highest BCUT2D eigenvalue weighted by atomic mass is 35.5. The van der Waals surface area contributed by atoms with Crippen LogP contribution in [-0.2, 0) is 16.1 Å². The summed E-state index contributed by atoms with van der Waals surface area (Å²) >= 11 is 6.20. The molecule has 0 saturated heterocycles. The Bertz CT molecular complexity index is 713. The first-order valence-corrected chi connectivity index (χ1v) is 8.05. The number of halogens is 1. The van der Waals surface area contributed by atoms with Crippen LogP contribution in [0.5, 0.6) is 0 Å². The summed E-state index contributed by atoms with van der Waals surface area (Å²) in [5.41, 5.74) is 2.50. The van der Waals surface area contributed by atoms with E-state index in [9.17, 15) is 9.59 Å². The van der Waals surface area contributed by atoms with Crippen molar-refractivity contribution in [2.75, 3.05) is 13.7 Å². The number of rotatable bonds is 6. The van der Waals surface area contributed by atoms with Crippen LogP contribution in [0.4, 0.5) is 0 Å². The Morgan fingerprint density at radius 3 is 2.38 bits per heavy atom. The molecule has 1 amide bonds. The Balaban J connectivity index is 2.21. The number of hydrogen-bond donors (Lipinski definition) is 0. The normalized spacial score (nSPS) is 10.3. The Hall–Kier alpha value is -2.33. The number of carbonyl (C=O) groups excluding carboxylic acids is 2. The van der Waals surface area contributed by atoms with Crippen molar-refractivity contribution in [1.29, 1.82) is 0 Å². The summed E-state index contributed by atoms with van der Waals surface area (Å²) in [6.07, 6.45) is 0.137. The van der Waals surface area contributed by atoms with Crippen LogP contribution in [0.15, 0.2) is 48.5 Å². The third kappa shape index (κ3) is 4.83. The molecule has 5 heteroatoms. The number of esters is 1. The summed E-state index contributed by atoms with van der Waals surface area (Å²) in [5, 5.41) is 0.595. The molecule has 2 aromatic rings. The summed E-state index contributed by atoms with van der Waals surface area (Å²) < 4.78 is 4.67. The first-order valence-electron chi connectivity index (χ1n) is 7.67. The van der Waals surface area contributed by atoms with E-state index in [1.165, 1.54) is 7.11 Å². The van der Waals surface area contributed by atoms with E-state index in [4.69, 9.17) is 11.6 Å². The minimum Gasteiger partial charge on any atom is -0.469 e. The molecule has 0 bridgehead atoms. The van der Waals surface area contributed by atoms with Crippen molar-refractivity contribution in [2.24, 2.45) is 0 Å². The first kappa shape index (κ1) is 18.0. The molecule has 0 N–H and O–H groups in total. The van der Waals surface area contributed by atoms with Crippen LogP contribution < -0.4 is 0 Å². The Labute approximate surface area is 147 Å². The number of aryl methyl sites for hydroxylation is 1. The zero-order valence-corrected chi connectivity index (χ0v) is 14.5. The van der Waals surface area contributed by atoms with Gasteiger partial charge < -0.3 is 9.64 Å². The smallest absolute Gasteiger partial charge is 0.307 e. The summed E-state index contributed by atoms with van der Waals surface area (Å²) in [7, 11) is 1.34. The van der Waals surface area contributed by atoms with Gasteiger partial charge in [0.05, 0.1) is 13.5 Å². The zero-order valence-electron chi connectivity index (χ0n) is 13.8. The van der Waals surface area contributed by atoms with E-state index in [2.05, 4.69) is 4.74 Å². The summed E-state index contributed by atoms with van der Waals surface area (Å²) in [4.78, 5) is 25.9. The molecule has 126 valence electrons. The second-order valence-electron chi connectivity index (χ2n) is 5.51. The van der Waals surface area contributed by atoms with E-state index in [0.717, 1.165) is 11.1 Å². The van der Waals surface area contributed by atoms with Crippen molar-refractivity contribution in [3.8, 4) is 0 Å². The number of carbonyl (C=O) groups is 2.